The number of ether oxygens (including phenoxy) is 1. The standard InChI is InChI=1S/C10H17NO/c1-3-4-6-9(11)10(2)7-5-8-12-10/h9H,5-8,11H2,1-2H3. The SMILES string of the molecule is CC#CCC(N)C1(C)CCCO1. The van der Waals surface area contributed by atoms with Crippen molar-refractivity contribution in [2.45, 2.75) is 44.8 Å². The molecule has 2 heteroatoms. The van der Waals surface area contributed by atoms with E-state index < -0.39 is 0 Å². The van der Waals surface area contributed by atoms with Gasteiger partial charge in [-0.3, -0.25) is 0 Å². The van der Waals surface area contributed by atoms with Gasteiger partial charge in [0.25, 0.3) is 0 Å². The number of rotatable bonds is 2. The van der Waals surface area contributed by atoms with Crippen molar-refractivity contribution in [2.24, 2.45) is 5.73 Å². The number of hydrogen-bond acceptors (Lipinski definition) is 2. The van der Waals surface area contributed by atoms with Gasteiger partial charge < -0.3 is 10.5 Å². The van der Waals surface area contributed by atoms with Crippen molar-refractivity contribution in [3.05, 3.63) is 0 Å². The number of hydrogen-bond donors (Lipinski definition) is 1. The van der Waals surface area contributed by atoms with Crippen molar-refractivity contribution in [1.82, 2.24) is 0 Å². The van der Waals surface area contributed by atoms with Crippen LogP contribution in [-0.4, -0.2) is 18.2 Å². The smallest absolute Gasteiger partial charge is 0.0814 e. The van der Waals surface area contributed by atoms with Crippen LogP contribution in [0, 0.1) is 11.8 Å². The molecule has 0 amide bonds. The highest BCUT2D eigenvalue weighted by Crippen LogP contribution is 2.28. The van der Waals surface area contributed by atoms with E-state index in [-0.39, 0.29) is 11.6 Å². The van der Waals surface area contributed by atoms with Crippen LogP contribution in [0.3, 0.4) is 0 Å². The van der Waals surface area contributed by atoms with Crippen LogP contribution < -0.4 is 5.73 Å². The lowest BCUT2D eigenvalue weighted by molar-refractivity contribution is 0.000251. The second kappa shape index (κ2) is 3.93. The molecular formula is C10H17NO. The molecule has 12 heavy (non-hydrogen) atoms. The lowest BCUT2D eigenvalue weighted by atomic mass is 9.92. The quantitative estimate of drug-likeness (QED) is 0.629. The molecule has 68 valence electrons. The van der Waals surface area contributed by atoms with Crippen LogP contribution in [0.5, 0.6) is 0 Å². The van der Waals surface area contributed by atoms with E-state index in [1.807, 2.05) is 6.92 Å². The molecule has 2 unspecified atom stereocenters. The Morgan fingerprint density at radius 2 is 2.42 bits per heavy atom. The normalized spacial score (nSPS) is 30.9. The summed E-state index contributed by atoms with van der Waals surface area (Å²) in [4.78, 5) is 0. The molecule has 0 bridgehead atoms. The fourth-order valence-electron chi connectivity index (χ4n) is 1.52. The van der Waals surface area contributed by atoms with Gasteiger partial charge in [0.05, 0.1) is 5.60 Å². The molecule has 1 rings (SSSR count). The first-order valence-electron chi connectivity index (χ1n) is 4.48. The lowest BCUT2D eigenvalue weighted by Crippen LogP contribution is -2.44. The van der Waals surface area contributed by atoms with Gasteiger partial charge in [-0.2, -0.15) is 0 Å². The second-order valence-electron chi connectivity index (χ2n) is 3.50. The van der Waals surface area contributed by atoms with Crippen LogP contribution in [0.4, 0.5) is 0 Å². The summed E-state index contributed by atoms with van der Waals surface area (Å²) in [6.45, 7) is 4.77. The Kier molecular flexibility index (Phi) is 3.13. The molecule has 0 radical (unpaired) electrons. The van der Waals surface area contributed by atoms with Gasteiger partial charge in [0.15, 0.2) is 0 Å². The van der Waals surface area contributed by atoms with Gasteiger partial charge in [0, 0.05) is 19.1 Å². The van der Waals surface area contributed by atoms with E-state index in [0.29, 0.717) is 0 Å². The monoisotopic (exact) mass is 167 g/mol. The molecule has 1 fully saturated rings. The molecule has 1 aliphatic heterocycles. The average molecular weight is 167 g/mol. The molecule has 0 aromatic carbocycles. The summed E-state index contributed by atoms with van der Waals surface area (Å²) in [5, 5.41) is 0. The minimum atomic E-state index is -0.121. The Morgan fingerprint density at radius 1 is 1.67 bits per heavy atom. The van der Waals surface area contributed by atoms with Crippen LogP contribution in [0.25, 0.3) is 0 Å². The minimum Gasteiger partial charge on any atom is -0.374 e. The molecule has 0 spiro atoms. The van der Waals surface area contributed by atoms with Crippen LogP contribution in [0.15, 0.2) is 0 Å². The van der Waals surface area contributed by atoms with E-state index in [4.69, 9.17) is 10.5 Å². The van der Waals surface area contributed by atoms with Gasteiger partial charge in [0.2, 0.25) is 0 Å². The summed E-state index contributed by atoms with van der Waals surface area (Å²) >= 11 is 0. The molecule has 2 N–H and O–H groups in total. The molecule has 0 saturated carbocycles. The predicted octanol–water partition coefficient (Wildman–Crippen LogP) is 1.30. The lowest BCUT2D eigenvalue weighted by Gasteiger charge is -2.28. The summed E-state index contributed by atoms with van der Waals surface area (Å²) in [5.74, 6) is 5.85. The summed E-state index contributed by atoms with van der Waals surface area (Å²) in [7, 11) is 0. The minimum absolute atomic E-state index is 0.0625. The summed E-state index contributed by atoms with van der Waals surface area (Å²) in [6.07, 6.45) is 2.94. The highest BCUT2D eigenvalue weighted by atomic mass is 16.5. The molecule has 0 aromatic heterocycles. The van der Waals surface area contributed by atoms with Crippen molar-refractivity contribution in [1.29, 1.82) is 0 Å². The van der Waals surface area contributed by atoms with E-state index in [2.05, 4.69) is 18.8 Å². The van der Waals surface area contributed by atoms with E-state index >= 15 is 0 Å². The topological polar surface area (TPSA) is 35.2 Å². The van der Waals surface area contributed by atoms with Gasteiger partial charge in [-0.25, -0.2) is 0 Å². The Morgan fingerprint density at radius 3 is 2.92 bits per heavy atom. The van der Waals surface area contributed by atoms with E-state index in [9.17, 15) is 0 Å². The predicted molar refractivity (Wildman–Crippen MR) is 49.6 cm³/mol. The van der Waals surface area contributed by atoms with Gasteiger partial charge in [-0.05, 0) is 26.7 Å². The Labute approximate surface area is 74.5 Å². The third-order valence-corrected chi connectivity index (χ3v) is 2.53. The average Bonchev–Trinajstić information content (AvgIpc) is 2.49. The zero-order valence-corrected chi connectivity index (χ0v) is 7.89. The maximum atomic E-state index is 5.97. The van der Waals surface area contributed by atoms with Gasteiger partial charge in [-0.1, -0.05) is 0 Å². The fourth-order valence-corrected chi connectivity index (χ4v) is 1.52. The van der Waals surface area contributed by atoms with Gasteiger partial charge in [-0.15, -0.1) is 11.8 Å². The van der Waals surface area contributed by atoms with Crippen molar-refractivity contribution < 1.29 is 4.74 Å². The van der Waals surface area contributed by atoms with Crippen LogP contribution in [-0.2, 0) is 4.74 Å². The fraction of sp³-hybridized carbons (Fsp3) is 0.800. The van der Waals surface area contributed by atoms with Crippen molar-refractivity contribution in [3.8, 4) is 11.8 Å². The molecular weight excluding hydrogens is 150 g/mol. The molecule has 2 atom stereocenters. The van der Waals surface area contributed by atoms with Crippen LogP contribution in [0.1, 0.15) is 33.1 Å². The Hall–Kier alpha value is -0.520. The number of nitrogens with two attached hydrogens (primary N) is 1. The first-order valence-corrected chi connectivity index (χ1v) is 4.48. The maximum absolute atomic E-state index is 5.97. The van der Waals surface area contributed by atoms with E-state index in [1.165, 1.54) is 0 Å². The summed E-state index contributed by atoms with van der Waals surface area (Å²) in [6, 6.07) is 0.0625. The second-order valence-corrected chi connectivity index (χ2v) is 3.50. The van der Waals surface area contributed by atoms with Gasteiger partial charge in [0.1, 0.15) is 0 Å². The molecule has 0 aromatic rings. The van der Waals surface area contributed by atoms with Gasteiger partial charge >= 0.3 is 0 Å². The first kappa shape index (κ1) is 9.57. The highest BCUT2D eigenvalue weighted by Gasteiger charge is 2.35. The van der Waals surface area contributed by atoms with E-state index in [0.717, 1.165) is 25.9 Å². The zero-order valence-electron chi connectivity index (χ0n) is 7.89. The van der Waals surface area contributed by atoms with Crippen LogP contribution >= 0.6 is 0 Å². The Balaban J connectivity index is 2.47. The van der Waals surface area contributed by atoms with Crippen molar-refractivity contribution >= 4 is 0 Å². The largest absolute Gasteiger partial charge is 0.374 e. The molecule has 1 aliphatic rings. The van der Waals surface area contributed by atoms with E-state index in [1.54, 1.807) is 0 Å². The van der Waals surface area contributed by atoms with Crippen molar-refractivity contribution in [3.63, 3.8) is 0 Å². The van der Waals surface area contributed by atoms with Crippen LogP contribution in [0.2, 0.25) is 0 Å². The molecule has 1 heterocycles. The molecule has 1 saturated heterocycles. The highest BCUT2D eigenvalue weighted by molar-refractivity contribution is 5.03. The van der Waals surface area contributed by atoms with Crippen molar-refractivity contribution in [2.75, 3.05) is 6.61 Å². The Bertz CT molecular complexity index is 196. The first-order chi connectivity index (χ1) is 5.69. The summed E-state index contributed by atoms with van der Waals surface area (Å²) < 4.78 is 5.61. The third-order valence-electron chi connectivity index (χ3n) is 2.53. The maximum Gasteiger partial charge on any atom is 0.0814 e. The molecule has 0 aliphatic carbocycles. The zero-order chi connectivity index (χ0) is 9.03. The third kappa shape index (κ3) is 2.00. The summed E-state index contributed by atoms with van der Waals surface area (Å²) in [5.41, 5.74) is 5.85. The molecule has 2 nitrogen and oxygen atoms in total.